The van der Waals surface area contributed by atoms with E-state index < -0.39 is 0 Å². The molecule has 0 amide bonds. The van der Waals surface area contributed by atoms with E-state index >= 15 is 0 Å². The number of hydrogen-bond donors (Lipinski definition) is 1. The minimum absolute atomic E-state index is 0.0488. The number of ether oxygens (including phenoxy) is 1. The summed E-state index contributed by atoms with van der Waals surface area (Å²) in [5.74, 6) is 0.551. The highest BCUT2D eigenvalue weighted by Gasteiger charge is 2.37. The Labute approximate surface area is 95.6 Å². The van der Waals surface area contributed by atoms with Gasteiger partial charge in [-0.3, -0.25) is 0 Å². The molecule has 2 unspecified atom stereocenters. The molecule has 88 valence electrons. The lowest BCUT2D eigenvalue weighted by Crippen LogP contribution is -2.23. The van der Waals surface area contributed by atoms with Gasteiger partial charge >= 0.3 is 0 Å². The Morgan fingerprint density at radius 1 is 1.50 bits per heavy atom. The van der Waals surface area contributed by atoms with Crippen LogP contribution in [-0.4, -0.2) is 13.2 Å². The highest BCUT2D eigenvalue weighted by Crippen LogP contribution is 2.44. The standard InChI is InChI=1S/C13H18FNO/c1-13(6-5-10(15)8-13)11-7-9(14)3-4-12(11)16-2/h3-4,7,10H,5-6,8,15H2,1-2H3. The molecule has 0 aromatic heterocycles. The summed E-state index contributed by atoms with van der Waals surface area (Å²) in [5.41, 5.74) is 6.84. The Morgan fingerprint density at radius 2 is 2.25 bits per heavy atom. The van der Waals surface area contributed by atoms with Gasteiger partial charge < -0.3 is 10.5 Å². The largest absolute Gasteiger partial charge is 0.496 e. The second-order valence-corrected chi connectivity index (χ2v) is 4.91. The minimum atomic E-state index is -0.211. The maximum absolute atomic E-state index is 13.3. The van der Waals surface area contributed by atoms with Gasteiger partial charge in [-0.15, -0.1) is 0 Å². The van der Waals surface area contributed by atoms with Gasteiger partial charge in [0.05, 0.1) is 7.11 Å². The second kappa shape index (κ2) is 4.06. The Hall–Kier alpha value is -1.09. The number of methoxy groups -OCH3 is 1. The van der Waals surface area contributed by atoms with Crippen molar-refractivity contribution in [1.82, 2.24) is 0 Å². The van der Waals surface area contributed by atoms with Crippen LogP contribution in [0, 0.1) is 5.82 Å². The van der Waals surface area contributed by atoms with Crippen LogP contribution in [0.1, 0.15) is 31.7 Å². The summed E-state index contributed by atoms with van der Waals surface area (Å²) in [6.45, 7) is 2.14. The van der Waals surface area contributed by atoms with Crippen LogP contribution >= 0.6 is 0 Å². The van der Waals surface area contributed by atoms with Crippen LogP contribution in [0.25, 0.3) is 0 Å². The predicted molar refractivity (Wildman–Crippen MR) is 62.1 cm³/mol. The summed E-state index contributed by atoms with van der Waals surface area (Å²) in [6, 6.07) is 4.93. The molecule has 2 atom stereocenters. The maximum Gasteiger partial charge on any atom is 0.123 e. The van der Waals surface area contributed by atoms with E-state index in [4.69, 9.17) is 10.5 Å². The summed E-state index contributed by atoms with van der Waals surface area (Å²) in [5, 5.41) is 0. The lowest BCUT2D eigenvalue weighted by molar-refractivity contribution is 0.382. The van der Waals surface area contributed by atoms with E-state index in [1.165, 1.54) is 6.07 Å². The molecule has 3 heteroatoms. The van der Waals surface area contributed by atoms with Gasteiger partial charge in [0, 0.05) is 11.6 Å². The van der Waals surface area contributed by atoms with Crippen molar-refractivity contribution in [1.29, 1.82) is 0 Å². The van der Waals surface area contributed by atoms with Crippen LogP contribution in [-0.2, 0) is 5.41 Å². The normalized spacial score (nSPS) is 29.4. The monoisotopic (exact) mass is 223 g/mol. The van der Waals surface area contributed by atoms with Gasteiger partial charge in [-0.25, -0.2) is 4.39 Å². The van der Waals surface area contributed by atoms with Crippen LogP contribution in [0.4, 0.5) is 4.39 Å². The molecule has 1 aliphatic carbocycles. The lowest BCUT2D eigenvalue weighted by atomic mass is 9.80. The van der Waals surface area contributed by atoms with Crippen molar-refractivity contribution in [2.24, 2.45) is 5.73 Å². The van der Waals surface area contributed by atoms with E-state index in [0.29, 0.717) is 0 Å². The molecule has 2 rings (SSSR count). The average Bonchev–Trinajstić information content (AvgIpc) is 2.60. The van der Waals surface area contributed by atoms with Crippen molar-refractivity contribution in [2.75, 3.05) is 7.11 Å². The van der Waals surface area contributed by atoms with Crippen LogP contribution in [0.2, 0.25) is 0 Å². The first kappa shape index (κ1) is 11.4. The van der Waals surface area contributed by atoms with Crippen molar-refractivity contribution in [3.05, 3.63) is 29.6 Å². The molecular formula is C13H18FNO. The molecule has 1 aromatic carbocycles. The van der Waals surface area contributed by atoms with Crippen LogP contribution in [0.5, 0.6) is 5.75 Å². The van der Waals surface area contributed by atoms with Crippen molar-refractivity contribution in [2.45, 2.75) is 37.6 Å². The van der Waals surface area contributed by atoms with E-state index in [2.05, 4.69) is 6.92 Å². The SMILES string of the molecule is COc1ccc(F)cc1C1(C)CCC(N)C1. The quantitative estimate of drug-likeness (QED) is 0.836. The molecule has 1 aliphatic rings. The molecule has 0 saturated heterocycles. The third kappa shape index (κ3) is 1.92. The molecule has 16 heavy (non-hydrogen) atoms. The minimum Gasteiger partial charge on any atom is -0.496 e. The van der Waals surface area contributed by atoms with Gasteiger partial charge in [-0.2, -0.15) is 0 Å². The van der Waals surface area contributed by atoms with E-state index in [-0.39, 0.29) is 17.3 Å². The molecular weight excluding hydrogens is 205 g/mol. The number of nitrogens with two attached hydrogens (primary N) is 1. The fraction of sp³-hybridized carbons (Fsp3) is 0.538. The highest BCUT2D eigenvalue weighted by atomic mass is 19.1. The molecule has 0 bridgehead atoms. The fourth-order valence-electron chi connectivity index (χ4n) is 2.68. The second-order valence-electron chi connectivity index (χ2n) is 4.91. The molecule has 2 N–H and O–H groups in total. The Bertz CT molecular complexity index is 394. The number of benzene rings is 1. The fourth-order valence-corrected chi connectivity index (χ4v) is 2.68. The molecule has 2 nitrogen and oxygen atoms in total. The number of rotatable bonds is 2. The summed E-state index contributed by atoms with van der Waals surface area (Å²) in [6.07, 6.45) is 2.89. The first-order chi connectivity index (χ1) is 7.55. The molecule has 0 aliphatic heterocycles. The predicted octanol–water partition coefficient (Wildman–Crippen LogP) is 2.60. The molecule has 0 radical (unpaired) electrons. The van der Waals surface area contributed by atoms with Gasteiger partial charge in [0.25, 0.3) is 0 Å². The zero-order valence-electron chi connectivity index (χ0n) is 9.79. The highest BCUT2D eigenvalue weighted by molar-refractivity contribution is 5.40. The van der Waals surface area contributed by atoms with Crippen molar-refractivity contribution < 1.29 is 9.13 Å². The average molecular weight is 223 g/mol. The Balaban J connectivity index is 2.42. The van der Waals surface area contributed by atoms with Gasteiger partial charge in [0.15, 0.2) is 0 Å². The summed E-state index contributed by atoms with van der Waals surface area (Å²) in [4.78, 5) is 0. The topological polar surface area (TPSA) is 35.2 Å². The molecule has 1 aromatic rings. The van der Waals surface area contributed by atoms with E-state index in [0.717, 1.165) is 30.6 Å². The third-order valence-electron chi connectivity index (χ3n) is 3.59. The van der Waals surface area contributed by atoms with E-state index in [1.54, 1.807) is 19.2 Å². The van der Waals surface area contributed by atoms with Crippen LogP contribution in [0.15, 0.2) is 18.2 Å². The first-order valence-electron chi connectivity index (χ1n) is 5.65. The van der Waals surface area contributed by atoms with Gasteiger partial charge in [0.2, 0.25) is 0 Å². The van der Waals surface area contributed by atoms with E-state index in [9.17, 15) is 4.39 Å². The van der Waals surface area contributed by atoms with Gasteiger partial charge in [-0.05, 0) is 42.9 Å². The smallest absolute Gasteiger partial charge is 0.123 e. The molecule has 1 saturated carbocycles. The van der Waals surface area contributed by atoms with Crippen molar-refractivity contribution >= 4 is 0 Å². The maximum atomic E-state index is 13.3. The van der Waals surface area contributed by atoms with Crippen LogP contribution < -0.4 is 10.5 Å². The lowest BCUT2D eigenvalue weighted by Gasteiger charge is -2.26. The summed E-state index contributed by atoms with van der Waals surface area (Å²) >= 11 is 0. The summed E-state index contributed by atoms with van der Waals surface area (Å²) < 4.78 is 18.6. The van der Waals surface area contributed by atoms with Crippen molar-refractivity contribution in [3.8, 4) is 5.75 Å². The van der Waals surface area contributed by atoms with Crippen LogP contribution in [0.3, 0.4) is 0 Å². The first-order valence-corrected chi connectivity index (χ1v) is 5.65. The zero-order chi connectivity index (χ0) is 11.8. The third-order valence-corrected chi connectivity index (χ3v) is 3.59. The Kier molecular flexibility index (Phi) is 2.89. The van der Waals surface area contributed by atoms with E-state index in [1.807, 2.05) is 0 Å². The van der Waals surface area contributed by atoms with Gasteiger partial charge in [-0.1, -0.05) is 6.92 Å². The molecule has 0 heterocycles. The molecule has 0 spiro atoms. The zero-order valence-corrected chi connectivity index (χ0v) is 9.79. The number of halogens is 1. The van der Waals surface area contributed by atoms with Crippen molar-refractivity contribution in [3.63, 3.8) is 0 Å². The molecule has 1 fully saturated rings. The summed E-state index contributed by atoms with van der Waals surface area (Å²) in [7, 11) is 1.62. The number of hydrogen-bond acceptors (Lipinski definition) is 2. The van der Waals surface area contributed by atoms with Gasteiger partial charge in [0.1, 0.15) is 11.6 Å². The Morgan fingerprint density at radius 3 is 2.81 bits per heavy atom.